The van der Waals surface area contributed by atoms with Gasteiger partial charge in [-0.15, -0.1) is 0 Å². The van der Waals surface area contributed by atoms with Crippen molar-refractivity contribution in [2.75, 3.05) is 22.7 Å². The molecule has 7 heteroatoms. The fraction of sp³-hybridized carbons (Fsp3) is 0.115. The Kier molecular flexibility index (Phi) is 5.89. The summed E-state index contributed by atoms with van der Waals surface area (Å²) in [5.74, 6) is 3.86. The summed E-state index contributed by atoms with van der Waals surface area (Å²) < 4.78 is 5.46. The summed E-state index contributed by atoms with van der Waals surface area (Å²) in [7, 11) is -0.284. The lowest BCUT2D eigenvalue weighted by molar-refractivity contribution is 0.102. The first-order valence-electron chi connectivity index (χ1n) is 10.6. The molecular formula is C26H23ClN4OS. The maximum absolute atomic E-state index is 13.0. The summed E-state index contributed by atoms with van der Waals surface area (Å²) in [6.45, 7) is 3.79. The third-order valence-corrected chi connectivity index (χ3v) is 7.53. The normalized spacial score (nSPS) is 15.7. The molecule has 0 radical (unpaired) electrons. The first kappa shape index (κ1) is 21.6. The van der Waals surface area contributed by atoms with Crippen LogP contribution < -0.4 is 14.3 Å². The predicted octanol–water partition coefficient (Wildman–Crippen LogP) is 6.06. The third kappa shape index (κ3) is 4.25. The van der Waals surface area contributed by atoms with Crippen molar-refractivity contribution in [3.05, 3.63) is 89.1 Å². The molecule has 33 heavy (non-hydrogen) atoms. The van der Waals surface area contributed by atoms with E-state index in [0.717, 1.165) is 46.4 Å². The number of hydrogen-bond acceptors (Lipinski definition) is 4. The van der Waals surface area contributed by atoms with Gasteiger partial charge in [0.25, 0.3) is 5.91 Å². The number of halogens is 1. The van der Waals surface area contributed by atoms with Gasteiger partial charge in [-0.3, -0.25) is 14.5 Å². The zero-order valence-corrected chi connectivity index (χ0v) is 19.7. The van der Waals surface area contributed by atoms with Gasteiger partial charge in [-0.05, 0) is 71.0 Å². The zero-order valence-electron chi connectivity index (χ0n) is 18.1. The van der Waals surface area contributed by atoms with Crippen molar-refractivity contribution in [3.8, 4) is 11.3 Å². The van der Waals surface area contributed by atoms with Gasteiger partial charge in [0.1, 0.15) is 0 Å². The number of carbonyl (C=O) groups excluding carboxylic acids is 1. The van der Waals surface area contributed by atoms with E-state index in [2.05, 4.69) is 37.3 Å². The number of benzene rings is 3. The molecule has 3 aromatic carbocycles. The molecule has 1 amide bonds. The number of rotatable bonds is 4. The van der Waals surface area contributed by atoms with E-state index in [1.54, 1.807) is 6.07 Å². The van der Waals surface area contributed by atoms with Crippen LogP contribution in [0.5, 0.6) is 0 Å². The highest BCUT2D eigenvalue weighted by Gasteiger charge is 2.18. The molecule has 2 heterocycles. The molecular weight excluding hydrogens is 452 g/mol. The molecule has 0 bridgehead atoms. The van der Waals surface area contributed by atoms with Crippen LogP contribution in [0.4, 0.5) is 11.4 Å². The van der Waals surface area contributed by atoms with Gasteiger partial charge in [0.05, 0.1) is 16.3 Å². The number of nitrogens with zero attached hydrogens (tertiary/aromatic N) is 2. The van der Waals surface area contributed by atoms with Crippen LogP contribution in [-0.2, 0) is 0 Å². The van der Waals surface area contributed by atoms with E-state index in [9.17, 15) is 4.79 Å². The molecule has 1 fully saturated rings. The van der Waals surface area contributed by atoms with E-state index < -0.39 is 0 Å². The van der Waals surface area contributed by atoms with E-state index in [4.69, 9.17) is 11.6 Å². The fourth-order valence-electron chi connectivity index (χ4n) is 4.04. The Labute approximate surface area is 200 Å². The van der Waals surface area contributed by atoms with E-state index in [1.807, 2.05) is 61.7 Å². The Hall–Kier alpha value is -3.19. The highest BCUT2D eigenvalue weighted by Crippen LogP contribution is 2.33. The molecule has 1 aliphatic heterocycles. The second-order valence-electron chi connectivity index (χ2n) is 7.89. The Balaban J connectivity index is 1.43. The lowest BCUT2D eigenvalue weighted by Crippen LogP contribution is -2.15. The molecule has 1 aliphatic rings. The van der Waals surface area contributed by atoms with Crippen LogP contribution in [0.3, 0.4) is 0 Å². The summed E-state index contributed by atoms with van der Waals surface area (Å²) in [6, 6.07) is 21.5. The number of hydrogen-bond donors (Lipinski definition) is 2. The number of amides is 1. The lowest BCUT2D eigenvalue weighted by Gasteiger charge is -2.19. The number of aryl methyl sites for hydroxylation is 1. The molecule has 1 saturated heterocycles. The van der Waals surface area contributed by atoms with Crippen molar-refractivity contribution in [3.63, 3.8) is 0 Å². The average Bonchev–Trinajstić information content (AvgIpc) is 3.25. The first-order chi connectivity index (χ1) is 16.0. The summed E-state index contributed by atoms with van der Waals surface area (Å²) >= 11 is 6.50. The number of fused-ring (bicyclic) bond motifs is 1. The van der Waals surface area contributed by atoms with Gasteiger partial charge in [-0.25, -0.2) is 0 Å². The molecule has 1 unspecified atom stereocenters. The Morgan fingerprint density at radius 3 is 2.79 bits per heavy atom. The highest BCUT2D eigenvalue weighted by molar-refractivity contribution is 8.13. The topological polar surface area (TPSA) is 57.3 Å². The van der Waals surface area contributed by atoms with E-state index >= 15 is 0 Å². The summed E-state index contributed by atoms with van der Waals surface area (Å²) in [4.78, 5) is 17.7. The molecule has 1 atom stereocenters. The van der Waals surface area contributed by atoms with Gasteiger partial charge < -0.3 is 9.62 Å². The standard InChI is InChI=1S/C26H23ClN4OS/c1-17-7-8-19(15-23(17)25-21-6-4-3-5-18(21)11-12-28-25)30-26(32)22-10-9-20(16-24(22)27)31-14-13-29-33(31)2/h3-12,15-16,29H,2,13-14H2,1H3,(H,30,32). The van der Waals surface area contributed by atoms with E-state index in [0.29, 0.717) is 16.3 Å². The largest absolute Gasteiger partial charge is 0.322 e. The SMILES string of the molecule is C=S1NCCN1c1ccc(C(=O)Nc2ccc(C)c(-c3nccc4ccccc34)c2)c(Cl)c1. The average molecular weight is 475 g/mol. The fourth-order valence-corrected chi connectivity index (χ4v) is 5.46. The number of carbonyl (C=O) groups is 1. The molecule has 0 saturated carbocycles. The Morgan fingerprint density at radius 2 is 2.00 bits per heavy atom. The van der Waals surface area contributed by atoms with Crippen LogP contribution in [-0.4, -0.2) is 29.9 Å². The van der Waals surface area contributed by atoms with Crippen LogP contribution >= 0.6 is 22.5 Å². The number of nitrogens with one attached hydrogen (secondary N) is 2. The number of aromatic nitrogens is 1. The molecule has 0 spiro atoms. The maximum Gasteiger partial charge on any atom is 0.257 e. The second kappa shape index (κ2) is 8.98. The molecule has 1 aromatic heterocycles. The molecule has 166 valence electrons. The third-order valence-electron chi connectivity index (χ3n) is 5.76. The van der Waals surface area contributed by atoms with Crippen molar-refractivity contribution < 1.29 is 4.79 Å². The van der Waals surface area contributed by atoms with Crippen molar-refractivity contribution in [2.24, 2.45) is 0 Å². The van der Waals surface area contributed by atoms with Crippen molar-refractivity contribution >= 4 is 56.4 Å². The van der Waals surface area contributed by atoms with Crippen LogP contribution in [0, 0.1) is 6.92 Å². The van der Waals surface area contributed by atoms with Crippen molar-refractivity contribution in [2.45, 2.75) is 6.92 Å². The van der Waals surface area contributed by atoms with Crippen molar-refractivity contribution in [1.82, 2.24) is 9.71 Å². The number of anilines is 2. The van der Waals surface area contributed by atoms with E-state index in [1.165, 1.54) is 0 Å². The number of pyridine rings is 1. The maximum atomic E-state index is 13.0. The predicted molar refractivity (Wildman–Crippen MR) is 141 cm³/mol. The van der Waals surface area contributed by atoms with Crippen LogP contribution in [0.15, 0.2) is 72.9 Å². The quantitative estimate of drug-likeness (QED) is 0.353. The minimum atomic E-state index is -0.284. The molecule has 0 aliphatic carbocycles. The molecule has 4 aromatic rings. The first-order valence-corrected chi connectivity index (χ1v) is 12.3. The molecule has 5 nitrogen and oxygen atoms in total. The van der Waals surface area contributed by atoms with Gasteiger partial charge >= 0.3 is 0 Å². The second-order valence-corrected chi connectivity index (χ2v) is 9.76. The van der Waals surface area contributed by atoms with Crippen molar-refractivity contribution in [1.29, 1.82) is 0 Å². The minimum absolute atomic E-state index is 0.250. The van der Waals surface area contributed by atoms with Gasteiger partial charge in [0.2, 0.25) is 0 Å². The van der Waals surface area contributed by atoms with Crippen LogP contribution in [0.25, 0.3) is 22.0 Å². The zero-order chi connectivity index (χ0) is 22.9. The van der Waals surface area contributed by atoms with Gasteiger partial charge in [0, 0.05) is 41.6 Å². The van der Waals surface area contributed by atoms with Crippen LogP contribution in [0.1, 0.15) is 15.9 Å². The lowest BCUT2D eigenvalue weighted by atomic mass is 9.99. The van der Waals surface area contributed by atoms with Gasteiger partial charge in [-0.1, -0.05) is 41.9 Å². The highest BCUT2D eigenvalue weighted by atomic mass is 35.5. The summed E-state index contributed by atoms with van der Waals surface area (Å²) in [5.41, 5.74) is 5.05. The van der Waals surface area contributed by atoms with E-state index in [-0.39, 0.29) is 16.8 Å². The van der Waals surface area contributed by atoms with Gasteiger partial charge in [-0.2, -0.15) is 0 Å². The minimum Gasteiger partial charge on any atom is -0.322 e. The smallest absolute Gasteiger partial charge is 0.257 e. The summed E-state index contributed by atoms with van der Waals surface area (Å²) in [5, 5.41) is 5.61. The Bertz CT molecular complexity index is 1400. The van der Waals surface area contributed by atoms with Crippen LogP contribution in [0.2, 0.25) is 5.02 Å². The Morgan fingerprint density at radius 1 is 1.15 bits per heavy atom. The molecule has 5 rings (SSSR count). The molecule has 2 N–H and O–H groups in total. The monoisotopic (exact) mass is 474 g/mol. The van der Waals surface area contributed by atoms with Gasteiger partial charge in [0.15, 0.2) is 0 Å². The summed E-state index contributed by atoms with van der Waals surface area (Å²) in [6.07, 6.45) is 1.82.